The van der Waals surface area contributed by atoms with Crippen molar-refractivity contribution in [2.45, 2.75) is 26.9 Å². The average molecular weight is 356 g/mol. The van der Waals surface area contributed by atoms with E-state index in [-0.39, 0.29) is 12.5 Å². The number of carbonyl (C=O) groups excluding carboxylic acids is 1. The van der Waals surface area contributed by atoms with Gasteiger partial charge in [0.15, 0.2) is 5.96 Å². The van der Waals surface area contributed by atoms with Crippen LogP contribution in [0.2, 0.25) is 0 Å². The van der Waals surface area contributed by atoms with Gasteiger partial charge in [-0.2, -0.15) is 0 Å². The van der Waals surface area contributed by atoms with Crippen LogP contribution in [0.1, 0.15) is 23.9 Å². The molecule has 26 heavy (non-hydrogen) atoms. The van der Waals surface area contributed by atoms with Crippen molar-refractivity contribution in [3.05, 3.63) is 53.6 Å². The van der Waals surface area contributed by atoms with Crippen molar-refractivity contribution in [3.8, 4) is 0 Å². The molecule has 0 spiro atoms. The molecule has 0 saturated heterocycles. The van der Waals surface area contributed by atoms with Crippen molar-refractivity contribution in [2.75, 3.05) is 27.2 Å². The largest absolute Gasteiger partial charge is 0.357 e. The molecule has 0 bridgehead atoms. The number of carbonyl (C=O) groups is 1. The summed E-state index contributed by atoms with van der Waals surface area (Å²) in [6, 6.07) is 8.36. The van der Waals surface area contributed by atoms with Gasteiger partial charge in [0, 0.05) is 39.6 Å². The number of aryl methyl sites for hydroxylation is 1. The van der Waals surface area contributed by atoms with E-state index in [1.165, 1.54) is 5.56 Å². The van der Waals surface area contributed by atoms with E-state index in [9.17, 15) is 4.79 Å². The van der Waals surface area contributed by atoms with Crippen LogP contribution in [-0.2, 0) is 17.9 Å². The lowest BCUT2D eigenvalue weighted by Crippen LogP contribution is -2.42. The molecule has 2 N–H and O–H groups in total. The van der Waals surface area contributed by atoms with Crippen molar-refractivity contribution in [3.63, 3.8) is 0 Å². The Kier molecular flexibility index (Phi) is 7.20. The van der Waals surface area contributed by atoms with Crippen LogP contribution in [0.15, 0.2) is 41.7 Å². The van der Waals surface area contributed by atoms with Gasteiger partial charge in [0.05, 0.1) is 13.1 Å². The molecule has 1 aromatic heterocycles. The van der Waals surface area contributed by atoms with Crippen LogP contribution in [0.25, 0.3) is 0 Å². The highest BCUT2D eigenvalue weighted by Crippen LogP contribution is 2.09. The molecule has 7 nitrogen and oxygen atoms in total. The summed E-state index contributed by atoms with van der Waals surface area (Å²) in [5, 5.41) is 6.23. The number of aliphatic imine (C=N–C) groups is 1. The Morgan fingerprint density at radius 3 is 2.69 bits per heavy atom. The van der Waals surface area contributed by atoms with Gasteiger partial charge < -0.3 is 20.1 Å². The Bertz CT molecular complexity index is 750. The number of nitrogens with zero attached hydrogens (tertiary/aromatic N) is 4. The SMILES string of the molecule is CCNC(=NCc1cccc(Cn2ccnc2C)c1)NCC(=O)N(C)C. The lowest BCUT2D eigenvalue weighted by Gasteiger charge is -2.14. The first-order valence-electron chi connectivity index (χ1n) is 8.77. The molecule has 140 valence electrons. The van der Waals surface area contributed by atoms with Gasteiger partial charge in [-0.25, -0.2) is 9.98 Å². The predicted molar refractivity (Wildman–Crippen MR) is 104 cm³/mol. The van der Waals surface area contributed by atoms with Crippen LogP contribution in [-0.4, -0.2) is 53.5 Å². The van der Waals surface area contributed by atoms with Gasteiger partial charge in [-0.1, -0.05) is 24.3 Å². The van der Waals surface area contributed by atoms with Crippen LogP contribution in [0.4, 0.5) is 0 Å². The van der Waals surface area contributed by atoms with Crippen molar-refractivity contribution in [2.24, 2.45) is 4.99 Å². The number of amides is 1. The fraction of sp³-hybridized carbons (Fsp3) is 0.421. The van der Waals surface area contributed by atoms with Crippen LogP contribution in [0.3, 0.4) is 0 Å². The molecular weight excluding hydrogens is 328 g/mol. The number of nitrogens with one attached hydrogen (secondary N) is 2. The zero-order chi connectivity index (χ0) is 18.9. The fourth-order valence-electron chi connectivity index (χ4n) is 2.42. The molecule has 0 aliphatic rings. The van der Waals surface area contributed by atoms with Crippen molar-refractivity contribution in [1.29, 1.82) is 0 Å². The molecule has 0 fully saturated rings. The van der Waals surface area contributed by atoms with Gasteiger partial charge in [0.25, 0.3) is 0 Å². The van der Waals surface area contributed by atoms with E-state index in [0.717, 1.165) is 24.5 Å². The van der Waals surface area contributed by atoms with E-state index in [1.54, 1.807) is 19.0 Å². The van der Waals surface area contributed by atoms with Crippen LogP contribution >= 0.6 is 0 Å². The molecule has 0 radical (unpaired) electrons. The number of hydrogen-bond acceptors (Lipinski definition) is 3. The van der Waals surface area contributed by atoms with Crippen molar-refractivity contribution in [1.82, 2.24) is 25.1 Å². The van der Waals surface area contributed by atoms with E-state index >= 15 is 0 Å². The summed E-state index contributed by atoms with van der Waals surface area (Å²) in [7, 11) is 3.48. The number of guanidine groups is 1. The van der Waals surface area contributed by atoms with Gasteiger partial charge in [-0.15, -0.1) is 0 Å². The van der Waals surface area contributed by atoms with Gasteiger partial charge in [0.1, 0.15) is 5.82 Å². The third-order valence-corrected chi connectivity index (χ3v) is 3.94. The number of imidazole rings is 1. The summed E-state index contributed by atoms with van der Waals surface area (Å²) < 4.78 is 2.11. The Labute approximate surface area is 155 Å². The average Bonchev–Trinajstić information content (AvgIpc) is 3.02. The zero-order valence-electron chi connectivity index (χ0n) is 16.0. The molecule has 0 saturated carbocycles. The van der Waals surface area contributed by atoms with Crippen LogP contribution in [0, 0.1) is 6.92 Å². The predicted octanol–water partition coefficient (Wildman–Crippen LogP) is 1.38. The fourth-order valence-corrected chi connectivity index (χ4v) is 2.42. The molecule has 1 aromatic carbocycles. The topological polar surface area (TPSA) is 74.5 Å². The minimum Gasteiger partial charge on any atom is -0.357 e. The molecular formula is C19H28N6O. The maximum absolute atomic E-state index is 11.7. The Morgan fingerprint density at radius 1 is 1.27 bits per heavy atom. The Morgan fingerprint density at radius 2 is 2.04 bits per heavy atom. The number of aromatic nitrogens is 2. The summed E-state index contributed by atoms with van der Waals surface area (Å²) in [6.45, 7) is 6.29. The molecule has 2 aromatic rings. The van der Waals surface area contributed by atoms with Crippen molar-refractivity contribution < 1.29 is 4.79 Å². The highest BCUT2D eigenvalue weighted by atomic mass is 16.2. The second kappa shape index (κ2) is 9.60. The van der Waals surface area contributed by atoms with Crippen molar-refractivity contribution >= 4 is 11.9 Å². The second-order valence-corrected chi connectivity index (χ2v) is 6.26. The lowest BCUT2D eigenvalue weighted by molar-refractivity contribution is -0.127. The summed E-state index contributed by atoms with van der Waals surface area (Å²) in [5.74, 6) is 1.64. The first-order valence-corrected chi connectivity index (χ1v) is 8.77. The highest BCUT2D eigenvalue weighted by molar-refractivity contribution is 5.86. The maximum atomic E-state index is 11.7. The van der Waals surface area contributed by atoms with E-state index in [1.807, 2.05) is 32.3 Å². The standard InChI is InChI=1S/C19H28N6O/c1-5-20-19(23-13-18(26)24(3)4)22-12-16-7-6-8-17(11-16)14-25-10-9-21-15(25)2/h6-11H,5,12-14H2,1-4H3,(H2,20,22,23). The van der Waals surface area contributed by atoms with Crippen LogP contribution < -0.4 is 10.6 Å². The quantitative estimate of drug-likeness (QED) is 0.581. The summed E-state index contributed by atoms with van der Waals surface area (Å²) in [5.41, 5.74) is 2.33. The second-order valence-electron chi connectivity index (χ2n) is 6.26. The first kappa shape index (κ1) is 19.5. The monoisotopic (exact) mass is 356 g/mol. The molecule has 7 heteroatoms. The first-order chi connectivity index (χ1) is 12.5. The number of likely N-dealkylation sites (N-methyl/N-ethyl adjacent to an activating group) is 1. The van der Waals surface area contributed by atoms with E-state index in [0.29, 0.717) is 12.5 Å². The molecule has 0 aliphatic carbocycles. The number of hydrogen-bond donors (Lipinski definition) is 2. The molecule has 1 heterocycles. The summed E-state index contributed by atoms with van der Waals surface area (Å²) >= 11 is 0. The molecule has 0 aliphatic heterocycles. The Hall–Kier alpha value is -2.83. The maximum Gasteiger partial charge on any atom is 0.241 e. The highest BCUT2D eigenvalue weighted by Gasteiger charge is 2.05. The molecule has 2 rings (SSSR count). The molecule has 0 atom stereocenters. The molecule has 1 amide bonds. The van der Waals surface area contributed by atoms with Gasteiger partial charge >= 0.3 is 0 Å². The summed E-state index contributed by atoms with van der Waals surface area (Å²) in [4.78, 5) is 22.1. The van der Waals surface area contributed by atoms with E-state index in [2.05, 4.69) is 43.4 Å². The smallest absolute Gasteiger partial charge is 0.241 e. The zero-order valence-corrected chi connectivity index (χ0v) is 16.0. The van der Waals surface area contributed by atoms with Gasteiger partial charge in [-0.05, 0) is 25.0 Å². The third-order valence-electron chi connectivity index (χ3n) is 3.94. The third kappa shape index (κ3) is 5.91. The summed E-state index contributed by atoms with van der Waals surface area (Å²) in [6.07, 6.45) is 3.79. The minimum atomic E-state index is 0.00769. The van der Waals surface area contributed by atoms with E-state index in [4.69, 9.17) is 0 Å². The lowest BCUT2D eigenvalue weighted by atomic mass is 10.1. The minimum absolute atomic E-state index is 0.00769. The van der Waals surface area contributed by atoms with Gasteiger partial charge in [0.2, 0.25) is 5.91 Å². The molecule has 0 unspecified atom stereocenters. The normalized spacial score (nSPS) is 11.3. The van der Waals surface area contributed by atoms with E-state index < -0.39 is 0 Å². The number of benzene rings is 1. The Balaban J connectivity index is 2.00. The van der Waals surface area contributed by atoms with Crippen LogP contribution in [0.5, 0.6) is 0 Å². The van der Waals surface area contributed by atoms with Gasteiger partial charge in [-0.3, -0.25) is 4.79 Å². The number of rotatable bonds is 7.